The van der Waals surface area contributed by atoms with Crippen molar-refractivity contribution in [1.29, 1.82) is 0 Å². The molecule has 30 heavy (non-hydrogen) atoms. The number of aryl methyl sites for hydroxylation is 3. The maximum absolute atomic E-state index is 13.4. The predicted octanol–water partition coefficient (Wildman–Crippen LogP) is 5.52. The number of carbonyl (C=O) groups is 1. The van der Waals surface area contributed by atoms with Crippen LogP contribution < -0.4 is 15.5 Å². The van der Waals surface area contributed by atoms with Gasteiger partial charge in [-0.3, -0.25) is 9.59 Å². The lowest BCUT2D eigenvalue weighted by molar-refractivity contribution is 0.102. The number of ether oxygens (including phenoxy) is 1. The second kappa shape index (κ2) is 9.61. The quantitative estimate of drug-likeness (QED) is 0.534. The first-order valence-electron chi connectivity index (χ1n) is 10.6. The van der Waals surface area contributed by atoms with Gasteiger partial charge in [-0.2, -0.15) is 0 Å². The summed E-state index contributed by atoms with van der Waals surface area (Å²) in [5.41, 5.74) is 3.02. The minimum absolute atomic E-state index is 0.0807. The summed E-state index contributed by atoms with van der Waals surface area (Å²) in [6, 6.07) is 11.1. The average Bonchev–Trinajstić information content (AvgIpc) is 2.77. The summed E-state index contributed by atoms with van der Waals surface area (Å²) in [5, 5.41) is 3.36. The van der Waals surface area contributed by atoms with Gasteiger partial charge in [-0.05, 0) is 42.5 Å². The van der Waals surface area contributed by atoms with Crippen molar-refractivity contribution in [2.75, 3.05) is 12.4 Å². The highest BCUT2D eigenvalue weighted by molar-refractivity contribution is 6.07. The van der Waals surface area contributed by atoms with Gasteiger partial charge in [0.1, 0.15) is 11.3 Å². The van der Waals surface area contributed by atoms with Crippen LogP contribution >= 0.6 is 0 Å². The molecule has 5 nitrogen and oxygen atoms in total. The standard InChI is InChI=1S/C25H29NO4/c1-5-8-14-19-21(23(27)18-13-10-15-20(29-4)24(18)30-19)25(28)26-22-16(6-2)11-9-12-17(22)7-3/h9-13,15H,5-8,14H2,1-4H3,(H,26,28). The topological polar surface area (TPSA) is 68.5 Å². The van der Waals surface area contributed by atoms with Gasteiger partial charge < -0.3 is 14.5 Å². The zero-order valence-corrected chi connectivity index (χ0v) is 18.1. The van der Waals surface area contributed by atoms with E-state index in [1.54, 1.807) is 18.2 Å². The minimum Gasteiger partial charge on any atom is -0.493 e. The fraction of sp³-hybridized carbons (Fsp3) is 0.360. The first-order valence-corrected chi connectivity index (χ1v) is 10.6. The molecule has 0 bridgehead atoms. The van der Waals surface area contributed by atoms with E-state index in [2.05, 4.69) is 12.2 Å². The monoisotopic (exact) mass is 407 g/mol. The van der Waals surface area contributed by atoms with Gasteiger partial charge in [0.25, 0.3) is 5.91 Å². The van der Waals surface area contributed by atoms with Gasteiger partial charge in [-0.1, -0.05) is 51.5 Å². The first kappa shape index (κ1) is 21.6. The molecule has 0 saturated carbocycles. The second-order valence-corrected chi connectivity index (χ2v) is 7.28. The van der Waals surface area contributed by atoms with Crippen molar-refractivity contribution in [1.82, 2.24) is 0 Å². The van der Waals surface area contributed by atoms with Crippen LogP contribution in [0.15, 0.2) is 45.6 Å². The van der Waals surface area contributed by atoms with Crippen molar-refractivity contribution in [3.8, 4) is 5.75 Å². The van der Waals surface area contributed by atoms with Crippen LogP contribution in [-0.2, 0) is 19.3 Å². The number of benzene rings is 2. The predicted molar refractivity (Wildman–Crippen MR) is 121 cm³/mol. The average molecular weight is 408 g/mol. The molecule has 158 valence electrons. The number of nitrogens with one attached hydrogen (secondary N) is 1. The van der Waals surface area contributed by atoms with E-state index in [0.717, 1.165) is 42.5 Å². The van der Waals surface area contributed by atoms with Gasteiger partial charge in [-0.15, -0.1) is 0 Å². The van der Waals surface area contributed by atoms with Crippen molar-refractivity contribution in [3.63, 3.8) is 0 Å². The van der Waals surface area contributed by atoms with Gasteiger partial charge in [0, 0.05) is 12.1 Å². The highest BCUT2D eigenvalue weighted by Crippen LogP contribution is 2.28. The van der Waals surface area contributed by atoms with Crippen molar-refractivity contribution in [3.05, 3.63) is 69.1 Å². The molecule has 1 aromatic heterocycles. The van der Waals surface area contributed by atoms with Gasteiger partial charge >= 0.3 is 0 Å². The molecule has 0 unspecified atom stereocenters. The molecule has 0 fully saturated rings. The Bertz CT molecular complexity index is 1090. The smallest absolute Gasteiger partial charge is 0.263 e. The number of unbranched alkanes of at least 4 members (excludes halogenated alkanes) is 1. The van der Waals surface area contributed by atoms with Gasteiger partial charge in [0.05, 0.1) is 12.5 Å². The van der Waals surface area contributed by atoms with Crippen molar-refractivity contribution >= 4 is 22.6 Å². The third-order valence-corrected chi connectivity index (χ3v) is 5.40. The lowest BCUT2D eigenvalue weighted by atomic mass is 10.0. The Balaban J connectivity index is 2.16. The summed E-state index contributed by atoms with van der Waals surface area (Å²) in [6.45, 7) is 6.16. The molecule has 0 saturated heterocycles. The summed E-state index contributed by atoms with van der Waals surface area (Å²) >= 11 is 0. The van der Waals surface area contributed by atoms with E-state index in [1.165, 1.54) is 7.11 Å². The Morgan fingerprint density at radius 1 is 1.03 bits per heavy atom. The summed E-state index contributed by atoms with van der Waals surface area (Å²) < 4.78 is 11.4. The second-order valence-electron chi connectivity index (χ2n) is 7.28. The van der Waals surface area contributed by atoms with Crippen LogP contribution in [0.3, 0.4) is 0 Å². The Morgan fingerprint density at radius 3 is 2.30 bits per heavy atom. The van der Waals surface area contributed by atoms with E-state index in [-0.39, 0.29) is 11.0 Å². The number of anilines is 1. The molecule has 5 heteroatoms. The lowest BCUT2D eigenvalue weighted by Gasteiger charge is -2.16. The van der Waals surface area contributed by atoms with E-state index < -0.39 is 5.91 Å². The Kier molecular flexibility index (Phi) is 6.93. The maximum atomic E-state index is 13.4. The Labute approximate surface area is 177 Å². The van der Waals surface area contributed by atoms with Crippen LogP contribution in [0.25, 0.3) is 11.0 Å². The largest absolute Gasteiger partial charge is 0.493 e. The Morgan fingerprint density at radius 2 is 1.70 bits per heavy atom. The van der Waals surface area contributed by atoms with E-state index >= 15 is 0 Å². The third kappa shape index (κ3) is 4.11. The SMILES string of the molecule is CCCCc1oc2c(OC)cccc2c(=O)c1C(=O)Nc1c(CC)cccc1CC. The van der Waals surface area contributed by atoms with Crippen molar-refractivity contribution in [2.45, 2.75) is 52.9 Å². The number of hydrogen-bond donors (Lipinski definition) is 1. The number of carbonyl (C=O) groups excluding carboxylic acids is 1. The zero-order chi connectivity index (χ0) is 21.7. The van der Waals surface area contributed by atoms with Crippen LogP contribution in [0.5, 0.6) is 5.75 Å². The molecule has 1 N–H and O–H groups in total. The van der Waals surface area contributed by atoms with Gasteiger partial charge in [0.2, 0.25) is 5.43 Å². The molecule has 3 aromatic rings. The van der Waals surface area contributed by atoms with E-state index in [9.17, 15) is 9.59 Å². The molecule has 2 aromatic carbocycles. The molecule has 3 rings (SSSR count). The van der Waals surface area contributed by atoms with Gasteiger partial charge in [0.15, 0.2) is 11.3 Å². The van der Waals surface area contributed by atoms with Crippen molar-refractivity contribution in [2.24, 2.45) is 0 Å². The number of hydrogen-bond acceptors (Lipinski definition) is 4. The fourth-order valence-electron chi connectivity index (χ4n) is 3.72. The molecular weight excluding hydrogens is 378 g/mol. The molecule has 0 aliphatic rings. The lowest BCUT2D eigenvalue weighted by Crippen LogP contribution is -2.25. The highest BCUT2D eigenvalue weighted by atomic mass is 16.5. The summed E-state index contributed by atoms with van der Waals surface area (Å²) in [6.07, 6.45) is 3.83. The van der Waals surface area contributed by atoms with E-state index in [4.69, 9.17) is 9.15 Å². The molecule has 0 spiro atoms. The highest BCUT2D eigenvalue weighted by Gasteiger charge is 2.23. The third-order valence-electron chi connectivity index (χ3n) is 5.40. The molecular formula is C25H29NO4. The molecule has 1 amide bonds. The minimum atomic E-state index is -0.421. The number of para-hydroxylation sites is 2. The van der Waals surface area contributed by atoms with Crippen LogP contribution in [0.2, 0.25) is 0 Å². The number of rotatable bonds is 8. The van der Waals surface area contributed by atoms with Gasteiger partial charge in [-0.25, -0.2) is 0 Å². The van der Waals surface area contributed by atoms with Crippen LogP contribution in [0, 0.1) is 0 Å². The molecule has 1 heterocycles. The van der Waals surface area contributed by atoms with Crippen LogP contribution in [0.1, 0.15) is 60.9 Å². The zero-order valence-electron chi connectivity index (χ0n) is 18.1. The number of fused-ring (bicyclic) bond motifs is 1. The van der Waals surface area contributed by atoms with Crippen LogP contribution in [-0.4, -0.2) is 13.0 Å². The summed E-state index contributed by atoms with van der Waals surface area (Å²) in [5.74, 6) is 0.470. The number of amides is 1. The summed E-state index contributed by atoms with van der Waals surface area (Å²) in [7, 11) is 1.54. The molecule has 0 radical (unpaired) electrons. The molecule has 0 atom stereocenters. The van der Waals surface area contributed by atoms with Crippen LogP contribution in [0.4, 0.5) is 5.69 Å². The fourth-order valence-corrected chi connectivity index (χ4v) is 3.72. The first-order chi connectivity index (χ1) is 14.5. The van der Waals surface area contributed by atoms with E-state index in [0.29, 0.717) is 28.9 Å². The molecule has 0 aliphatic carbocycles. The summed E-state index contributed by atoms with van der Waals surface area (Å²) in [4.78, 5) is 26.7. The van der Waals surface area contributed by atoms with E-state index in [1.807, 2.05) is 32.0 Å². The number of methoxy groups -OCH3 is 1. The normalized spacial score (nSPS) is 10.9. The maximum Gasteiger partial charge on any atom is 0.263 e. The van der Waals surface area contributed by atoms with Crippen molar-refractivity contribution < 1.29 is 13.9 Å². The Hall–Kier alpha value is -3.08. The molecule has 0 aliphatic heterocycles.